The van der Waals surface area contributed by atoms with Gasteiger partial charge < -0.3 is 9.84 Å². The number of aliphatic carboxylic acids is 1. The Morgan fingerprint density at radius 1 is 1.19 bits per heavy atom. The van der Waals surface area contributed by atoms with Gasteiger partial charge in [-0.1, -0.05) is 12.2 Å². The lowest BCUT2D eigenvalue weighted by atomic mass is 10.1. The molecular formula is C13H14N2O6. The van der Waals surface area contributed by atoms with Crippen molar-refractivity contribution in [2.45, 2.75) is 6.42 Å². The lowest BCUT2D eigenvalue weighted by molar-refractivity contribution is -0.139. The van der Waals surface area contributed by atoms with Crippen LogP contribution in [-0.2, 0) is 23.9 Å². The third kappa shape index (κ3) is 12.0. The molecule has 0 heterocycles. The Hall–Kier alpha value is -2.82. The highest BCUT2D eigenvalue weighted by Gasteiger charge is 2.07. The Labute approximate surface area is 120 Å². The summed E-state index contributed by atoms with van der Waals surface area (Å²) < 4.78 is 4.81. The molecule has 8 heteroatoms. The van der Waals surface area contributed by atoms with Gasteiger partial charge in [0, 0.05) is 18.1 Å². The number of esters is 1. The number of aliphatic imine (C=N–C) groups is 2. The zero-order valence-electron chi connectivity index (χ0n) is 11.1. The van der Waals surface area contributed by atoms with Crippen molar-refractivity contribution in [2.75, 3.05) is 19.7 Å². The van der Waals surface area contributed by atoms with Crippen LogP contribution in [0.2, 0.25) is 0 Å². The second-order valence-corrected chi connectivity index (χ2v) is 3.68. The predicted octanol–water partition coefficient (Wildman–Crippen LogP) is 0.404. The molecule has 8 nitrogen and oxygen atoms in total. The van der Waals surface area contributed by atoms with Gasteiger partial charge in [-0.15, -0.1) is 0 Å². The summed E-state index contributed by atoms with van der Waals surface area (Å²) in [7, 11) is 0. The molecule has 0 radical (unpaired) electrons. The van der Waals surface area contributed by atoms with E-state index in [1.165, 1.54) is 12.2 Å². The largest absolute Gasteiger partial charge is 0.478 e. The Balaban J connectivity index is 4.34. The number of hydrogen-bond acceptors (Lipinski definition) is 7. The summed E-state index contributed by atoms with van der Waals surface area (Å²) in [4.78, 5) is 48.1. The van der Waals surface area contributed by atoms with Crippen molar-refractivity contribution < 1.29 is 29.0 Å². The normalized spacial score (nSPS) is 11.6. The first kappa shape index (κ1) is 18.2. The van der Waals surface area contributed by atoms with Crippen LogP contribution in [0.5, 0.6) is 0 Å². The predicted molar refractivity (Wildman–Crippen MR) is 71.0 cm³/mol. The summed E-state index contributed by atoms with van der Waals surface area (Å²) in [6, 6.07) is 0. The van der Waals surface area contributed by atoms with E-state index in [0.29, 0.717) is 12.5 Å². The number of nitrogens with zero attached hydrogens (tertiary/aromatic N) is 2. The third-order valence-electron chi connectivity index (χ3n) is 2.07. The minimum Gasteiger partial charge on any atom is -0.478 e. The Morgan fingerprint density at radius 2 is 1.90 bits per heavy atom. The van der Waals surface area contributed by atoms with E-state index in [-0.39, 0.29) is 25.6 Å². The number of carbonyl (C=O) groups excluding carboxylic acids is 3. The number of rotatable bonds is 10. The highest BCUT2D eigenvalue weighted by molar-refractivity contribution is 5.90. The molecule has 0 rings (SSSR count). The molecule has 21 heavy (non-hydrogen) atoms. The maximum Gasteiger partial charge on any atom is 0.331 e. The molecule has 0 fully saturated rings. The van der Waals surface area contributed by atoms with Crippen molar-refractivity contribution in [1.82, 2.24) is 0 Å². The van der Waals surface area contributed by atoms with E-state index in [9.17, 15) is 19.2 Å². The number of carboxylic acid groups (broad SMARTS) is 1. The van der Waals surface area contributed by atoms with Gasteiger partial charge in [0.05, 0.1) is 19.7 Å². The standard InChI is InChI=1S/C13H14N2O6/c16-9-14-6-2-1-3-11(7-15-10-17)8-21-13(20)5-4-12(18)19/h1,3-5,11H,2,6-8H2,(H,18,19)/b3-1?,5-4+. The first-order valence-corrected chi connectivity index (χ1v) is 5.91. The highest BCUT2D eigenvalue weighted by Crippen LogP contribution is 2.03. The summed E-state index contributed by atoms with van der Waals surface area (Å²) in [5.74, 6) is -2.42. The second-order valence-electron chi connectivity index (χ2n) is 3.68. The maximum absolute atomic E-state index is 11.2. The third-order valence-corrected chi connectivity index (χ3v) is 2.07. The average molecular weight is 294 g/mol. The van der Waals surface area contributed by atoms with Crippen LogP contribution >= 0.6 is 0 Å². The molecular weight excluding hydrogens is 280 g/mol. The van der Waals surface area contributed by atoms with Crippen LogP contribution in [0.4, 0.5) is 0 Å². The van der Waals surface area contributed by atoms with E-state index < -0.39 is 11.9 Å². The van der Waals surface area contributed by atoms with Crippen molar-refractivity contribution >= 4 is 24.1 Å². The summed E-state index contributed by atoms with van der Waals surface area (Å²) in [5.41, 5.74) is 0. The fraction of sp³-hybridized carbons (Fsp3) is 0.385. The lowest BCUT2D eigenvalue weighted by Gasteiger charge is -2.08. The number of isocyanates is 2. The van der Waals surface area contributed by atoms with Crippen LogP contribution in [0.1, 0.15) is 6.42 Å². The maximum atomic E-state index is 11.2. The molecule has 0 saturated carbocycles. The van der Waals surface area contributed by atoms with Gasteiger partial charge in [0.2, 0.25) is 12.2 Å². The molecule has 0 saturated heterocycles. The van der Waals surface area contributed by atoms with Crippen molar-refractivity contribution in [3.8, 4) is 0 Å². The SMILES string of the molecule is O=C=NCCC=CC(CN=C=O)COC(=O)/C=C/C(=O)O. The molecule has 0 amide bonds. The van der Waals surface area contributed by atoms with E-state index in [1.54, 1.807) is 12.2 Å². The van der Waals surface area contributed by atoms with Gasteiger partial charge >= 0.3 is 11.9 Å². The molecule has 0 aliphatic carbocycles. The molecule has 112 valence electrons. The molecule has 1 N–H and O–H groups in total. The van der Waals surface area contributed by atoms with E-state index in [4.69, 9.17) is 9.84 Å². The molecule has 0 bridgehead atoms. The Bertz CT molecular complexity index is 499. The van der Waals surface area contributed by atoms with Crippen molar-refractivity contribution in [2.24, 2.45) is 15.9 Å². The molecule has 1 unspecified atom stereocenters. The summed E-state index contributed by atoms with van der Waals surface area (Å²) in [6.45, 7) is 0.291. The summed E-state index contributed by atoms with van der Waals surface area (Å²) in [5, 5.41) is 8.34. The highest BCUT2D eigenvalue weighted by atomic mass is 16.5. The van der Waals surface area contributed by atoms with E-state index >= 15 is 0 Å². The lowest BCUT2D eigenvalue weighted by Crippen LogP contribution is -2.14. The number of ether oxygens (including phenoxy) is 1. The quantitative estimate of drug-likeness (QED) is 0.155. The van der Waals surface area contributed by atoms with Gasteiger partial charge in [-0.2, -0.15) is 0 Å². The van der Waals surface area contributed by atoms with E-state index in [0.717, 1.165) is 6.08 Å². The molecule has 0 aromatic heterocycles. The monoisotopic (exact) mass is 294 g/mol. The summed E-state index contributed by atoms with van der Waals surface area (Å²) >= 11 is 0. The first-order chi connectivity index (χ1) is 10.1. The molecule has 0 aliphatic heterocycles. The minimum absolute atomic E-state index is 0.0680. The fourth-order valence-corrected chi connectivity index (χ4v) is 1.17. The van der Waals surface area contributed by atoms with Crippen molar-refractivity contribution in [3.63, 3.8) is 0 Å². The fourth-order valence-electron chi connectivity index (χ4n) is 1.17. The van der Waals surface area contributed by atoms with E-state index in [2.05, 4.69) is 9.98 Å². The number of hydrogen-bond donors (Lipinski definition) is 1. The van der Waals surface area contributed by atoms with E-state index in [1.807, 2.05) is 0 Å². The van der Waals surface area contributed by atoms with Crippen LogP contribution < -0.4 is 0 Å². The van der Waals surface area contributed by atoms with Crippen LogP contribution in [0.25, 0.3) is 0 Å². The zero-order valence-corrected chi connectivity index (χ0v) is 11.1. The van der Waals surface area contributed by atoms with Gasteiger partial charge in [0.15, 0.2) is 0 Å². The van der Waals surface area contributed by atoms with Crippen molar-refractivity contribution in [3.05, 3.63) is 24.3 Å². The molecule has 0 spiro atoms. The zero-order chi connectivity index (χ0) is 15.9. The molecule has 0 aromatic carbocycles. The Morgan fingerprint density at radius 3 is 2.52 bits per heavy atom. The topological polar surface area (TPSA) is 122 Å². The van der Waals surface area contributed by atoms with Gasteiger partial charge in [-0.25, -0.2) is 29.2 Å². The average Bonchev–Trinajstić information content (AvgIpc) is 2.46. The first-order valence-electron chi connectivity index (χ1n) is 5.91. The molecule has 0 aromatic rings. The van der Waals surface area contributed by atoms with Gasteiger partial charge in [0.25, 0.3) is 0 Å². The number of carbonyl (C=O) groups is 2. The molecule has 0 aliphatic rings. The van der Waals surface area contributed by atoms with Gasteiger partial charge in [0.1, 0.15) is 0 Å². The van der Waals surface area contributed by atoms with Crippen LogP contribution in [0.15, 0.2) is 34.3 Å². The van der Waals surface area contributed by atoms with Crippen molar-refractivity contribution in [1.29, 1.82) is 0 Å². The van der Waals surface area contributed by atoms with Crippen LogP contribution in [0, 0.1) is 5.92 Å². The smallest absolute Gasteiger partial charge is 0.331 e. The second kappa shape index (κ2) is 12.2. The number of carboxylic acids is 1. The van der Waals surface area contributed by atoms with Crippen LogP contribution in [-0.4, -0.2) is 48.9 Å². The van der Waals surface area contributed by atoms with Crippen LogP contribution in [0.3, 0.4) is 0 Å². The minimum atomic E-state index is -1.26. The Kier molecular flexibility index (Phi) is 10.6. The van der Waals surface area contributed by atoms with Gasteiger partial charge in [-0.05, 0) is 6.42 Å². The van der Waals surface area contributed by atoms with Gasteiger partial charge in [-0.3, -0.25) is 0 Å². The summed E-state index contributed by atoms with van der Waals surface area (Å²) in [6.07, 6.45) is 8.07. The molecule has 1 atom stereocenters.